The van der Waals surface area contributed by atoms with E-state index >= 15 is 0 Å². The van der Waals surface area contributed by atoms with Crippen LogP contribution in [-0.2, 0) is 19.2 Å². The van der Waals surface area contributed by atoms with Crippen LogP contribution in [0.15, 0.2) is 54.6 Å². The molecule has 0 spiro atoms. The van der Waals surface area contributed by atoms with E-state index in [9.17, 15) is 19.2 Å². The second-order valence-electron chi connectivity index (χ2n) is 9.96. The van der Waals surface area contributed by atoms with Gasteiger partial charge in [-0.15, -0.1) is 0 Å². The van der Waals surface area contributed by atoms with Gasteiger partial charge in [-0.3, -0.25) is 19.2 Å². The van der Waals surface area contributed by atoms with Crippen LogP contribution in [-0.4, -0.2) is 37.3 Å². The van der Waals surface area contributed by atoms with Crippen molar-refractivity contribution in [3.8, 4) is 11.5 Å². The van der Waals surface area contributed by atoms with Crippen molar-refractivity contribution in [2.24, 2.45) is 29.6 Å². The molecule has 0 unspecified atom stereocenters. The van der Waals surface area contributed by atoms with Crippen LogP contribution < -0.4 is 19.3 Å². The average Bonchev–Trinajstić information content (AvgIpc) is 3.63. The Morgan fingerprint density at radius 2 is 1.64 bits per heavy atom. The fourth-order valence-electron chi connectivity index (χ4n) is 6.23. The number of benzene rings is 2. The monoisotopic (exact) mass is 486 g/mol. The molecule has 2 aromatic carbocycles. The van der Waals surface area contributed by atoms with Crippen LogP contribution in [0.1, 0.15) is 18.4 Å². The Balaban J connectivity index is 1.16. The summed E-state index contributed by atoms with van der Waals surface area (Å²) in [5.41, 5.74) is 1.81. The average molecular weight is 487 g/mol. The van der Waals surface area contributed by atoms with Gasteiger partial charge < -0.3 is 14.4 Å². The number of allylic oxidation sites excluding steroid dienone is 2. The van der Waals surface area contributed by atoms with Crippen LogP contribution in [0.25, 0.3) is 0 Å². The van der Waals surface area contributed by atoms with Crippen LogP contribution in [0.2, 0.25) is 0 Å². The van der Waals surface area contributed by atoms with E-state index in [-0.39, 0.29) is 54.4 Å². The molecule has 4 aliphatic rings. The molecule has 2 aliphatic carbocycles. The lowest BCUT2D eigenvalue weighted by Crippen LogP contribution is -2.33. The quantitative estimate of drug-likeness (QED) is 0.279. The number of imide groups is 1. The fraction of sp³-hybridized carbons (Fsp3) is 0.357. The van der Waals surface area contributed by atoms with Crippen molar-refractivity contribution < 1.29 is 28.7 Å². The van der Waals surface area contributed by atoms with Gasteiger partial charge in [0.1, 0.15) is 11.5 Å². The fourth-order valence-corrected chi connectivity index (χ4v) is 6.23. The summed E-state index contributed by atoms with van der Waals surface area (Å²) in [4.78, 5) is 54.7. The number of aryl methyl sites for hydroxylation is 1. The lowest BCUT2D eigenvalue weighted by molar-refractivity contribution is -0.139. The van der Waals surface area contributed by atoms with E-state index in [1.165, 1.54) is 12.0 Å². The van der Waals surface area contributed by atoms with E-state index in [0.29, 0.717) is 28.4 Å². The highest BCUT2D eigenvalue weighted by Crippen LogP contribution is 2.53. The second kappa shape index (κ2) is 8.33. The first-order valence-corrected chi connectivity index (χ1v) is 12.2. The molecule has 0 radical (unpaired) electrons. The molecule has 2 bridgehead atoms. The summed E-state index contributed by atoms with van der Waals surface area (Å²) in [5, 5.41) is 0. The normalized spacial score (nSPS) is 28.3. The smallest absolute Gasteiger partial charge is 0.316 e. The van der Waals surface area contributed by atoms with E-state index in [1.807, 2.05) is 12.1 Å². The molecule has 3 fully saturated rings. The highest BCUT2D eigenvalue weighted by Gasteiger charge is 2.59. The van der Waals surface area contributed by atoms with Crippen molar-refractivity contribution in [2.45, 2.75) is 19.8 Å². The molecular formula is C28H26N2O6. The molecule has 8 nitrogen and oxygen atoms in total. The molecule has 36 heavy (non-hydrogen) atoms. The van der Waals surface area contributed by atoms with Crippen LogP contribution in [0.5, 0.6) is 11.5 Å². The first-order chi connectivity index (χ1) is 17.4. The number of esters is 1. The standard InChI is InChI=1S/C28H26N2O6/c1-15-11-19(9-10-20(15)30-26(32)24-16-7-8-17(12-16)25(24)27(30)33)36-28(34)18-13-23(31)29(14-18)21-5-3-4-6-22(21)35-2/h3-11,16-18,24-25H,12-14H2,1-2H3/t16-,17-,18+,24-,25-/m0/s1. The van der Waals surface area contributed by atoms with Crippen molar-refractivity contribution in [3.63, 3.8) is 0 Å². The maximum absolute atomic E-state index is 13.1. The Bertz CT molecular complexity index is 1300. The van der Waals surface area contributed by atoms with E-state index in [1.54, 1.807) is 42.2 Å². The number of ether oxygens (including phenoxy) is 2. The number of hydrogen-bond donors (Lipinski definition) is 0. The predicted molar refractivity (Wildman–Crippen MR) is 130 cm³/mol. The van der Waals surface area contributed by atoms with Crippen LogP contribution >= 0.6 is 0 Å². The third-order valence-corrected chi connectivity index (χ3v) is 7.93. The molecule has 5 atom stereocenters. The van der Waals surface area contributed by atoms with Gasteiger partial charge in [0.2, 0.25) is 17.7 Å². The van der Waals surface area contributed by atoms with Gasteiger partial charge in [-0.2, -0.15) is 0 Å². The topological polar surface area (TPSA) is 93.2 Å². The summed E-state index contributed by atoms with van der Waals surface area (Å²) >= 11 is 0. The zero-order chi connectivity index (χ0) is 25.1. The van der Waals surface area contributed by atoms with Crippen LogP contribution in [0, 0.1) is 36.5 Å². The van der Waals surface area contributed by atoms with Crippen molar-refractivity contribution in [1.82, 2.24) is 0 Å². The molecule has 1 saturated carbocycles. The molecule has 2 heterocycles. The molecule has 2 saturated heterocycles. The minimum Gasteiger partial charge on any atom is -0.495 e. The lowest BCUT2D eigenvalue weighted by Gasteiger charge is -2.20. The highest BCUT2D eigenvalue weighted by molar-refractivity contribution is 6.23. The van der Waals surface area contributed by atoms with Gasteiger partial charge in [-0.25, -0.2) is 4.90 Å². The highest BCUT2D eigenvalue weighted by atomic mass is 16.5. The summed E-state index contributed by atoms with van der Waals surface area (Å²) in [6.07, 6.45) is 5.06. The summed E-state index contributed by atoms with van der Waals surface area (Å²) in [6.45, 7) is 1.99. The molecule has 0 aromatic heterocycles. The number of hydrogen-bond acceptors (Lipinski definition) is 6. The van der Waals surface area contributed by atoms with Crippen LogP contribution in [0.3, 0.4) is 0 Å². The van der Waals surface area contributed by atoms with Crippen molar-refractivity contribution in [2.75, 3.05) is 23.5 Å². The molecule has 2 aliphatic heterocycles. The van der Waals surface area contributed by atoms with Gasteiger partial charge in [-0.1, -0.05) is 24.3 Å². The number of methoxy groups -OCH3 is 1. The van der Waals surface area contributed by atoms with E-state index in [2.05, 4.69) is 12.2 Å². The number of amides is 3. The predicted octanol–water partition coefficient (Wildman–Crippen LogP) is 3.27. The number of nitrogens with zero attached hydrogens (tertiary/aromatic N) is 2. The summed E-state index contributed by atoms with van der Waals surface area (Å²) in [7, 11) is 1.54. The molecule has 0 N–H and O–H groups in total. The van der Waals surface area contributed by atoms with Gasteiger partial charge in [0.25, 0.3) is 0 Å². The molecule has 6 rings (SSSR count). The molecule has 3 amide bonds. The number of fused-ring (bicyclic) bond motifs is 5. The summed E-state index contributed by atoms with van der Waals surface area (Å²) < 4.78 is 11.0. The molecule has 2 aromatic rings. The lowest BCUT2D eigenvalue weighted by atomic mass is 9.85. The van der Waals surface area contributed by atoms with E-state index < -0.39 is 11.9 Å². The van der Waals surface area contributed by atoms with Crippen molar-refractivity contribution in [3.05, 3.63) is 60.2 Å². The van der Waals surface area contributed by atoms with E-state index in [4.69, 9.17) is 9.47 Å². The number of anilines is 2. The third-order valence-electron chi connectivity index (χ3n) is 7.93. The Labute approximate surface area is 208 Å². The van der Waals surface area contributed by atoms with Gasteiger partial charge >= 0.3 is 5.97 Å². The van der Waals surface area contributed by atoms with Crippen LogP contribution in [0.4, 0.5) is 11.4 Å². The van der Waals surface area contributed by atoms with E-state index in [0.717, 1.165) is 6.42 Å². The largest absolute Gasteiger partial charge is 0.495 e. The third kappa shape index (κ3) is 3.35. The second-order valence-corrected chi connectivity index (χ2v) is 9.96. The minimum absolute atomic E-state index is 0.0455. The van der Waals surface area contributed by atoms with Crippen molar-refractivity contribution >= 4 is 35.1 Å². The van der Waals surface area contributed by atoms with Crippen molar-refractivity contribution in [1.29, 1.82) is 0 Å². The first-order valence-electron chi connectivity index (χ1n) is 12.2. The zero-order valence-electron chi connectivity index (χ0n) is 20.0. The molecule has 184 valence electrons. The number of carbonyl (C=O) groups is 4. The molecule has 8 heteroatoms. The Hall–Kier alpha value is -3.94. The summed E-state index contributed by atoms with van der Waals surface area (Å²) in [6, 6.07) is 12.1. The zero-order valence-corrected chi connectivity index (χ0v) is 20.0. The Kier molecular flexibility index (Phi) is 5.21. The summed E-state index contributed by atoms with van der Waals surface area (Å²) in [5.74, 6) is -0.955. The number of rotatable bonds is 5. The van der Waals surface area contributed by atoms with Gasteiger partial charge in [0.15, 0.2) is 0 Å². The Morgan fingerprint density at radius 1 is 0.944 bits per heavy atom. The first kappa shape index (κ1) is 22.5. The van der Waals surface area contributed by atoms with Gasteiger partial charge in [0.05, 0.1) is 36.2 Å². The minimum atomic E-state index is -0.619. The van der Waals surface area contributed by atoms with Gasteiger partial charge in [0, 0.05) is 13.0 Å². The Morgan fingerprint density at radius 3 is 2.31 bits per heavy atom. The number of para-hydroxylation sites is 2. The number of carbonyl (C=O) groups excluding carboxylic acids is 4. The molecular weight excluding hydrogens is 460 g/mol. The maximum atomic E-state index is 13.1. The SMILES string of the molecule is COc1ccccc1N1C[C@H](C(=O)Oc2ccc(N3C(=O)[C@@H]4[C@@H](C3=O)[C@H]3C=C[C@H]4C3)c(C)c2)CC1=O. The maximum Gasteiger partial charge on any atom is 0.316 e. The van der Waals surface area contributed by atoms with Gasteiger partial charge in [-0.05, 0) is 61.1 Å².